The molecule has 0 aromatic rings. The quantitative estimate of drug-likeness (QED) is 0.650. The Morgan fingerprint density at radius 2 is 2.15 bits per heavy atom. The highest BCUT2D eigenvalue weighted by Crippen LogP contribution is 2.50. The highest BCUT2D eigenvalue weighted by atomic mass is 79.9. The van der Waals surface area contributed by atoms with Gasteiger partial charge in [0.1, 0.15) is 0 Å². The molecule has 0 saturated heterocycles. The molecule has 0 spiro atoms. The van der Waals surface area contributed by atoms with Gasteiger partial charge in [0.05, 0.1) is 0 Å². The van der Waals surface area contributed by atoms with Crippen molar-refractivity contribution in [3.63, 3.8) is 0 Å². The summed E-state index contributed by atoms with van der Waals surface area (Å²) < 4.78 is 0. The van der Waals surface area contributed by atoms with Gasteiger partial charge in [-0.15, -0.1) is 0 Å². The third kappa shape index (κ3) is 2.29. The van der Waals surface area contributed by atoms with Gasteiger partial charge < -0.3 is 0 Å². The predicted octanol–water partition coefficient (Wildman–Crippen LogP) is 4.23. The van der Waals surface area contributed by atoms with Gasteiger partial charge in [0.25, 0.3) is 0 Å². The van der Waals surface area contributed by atoms with Crippen LogP contribution in [0.1, 0.15) is 45.4 Å². The Morgan fingerprint density at radius 3 is 2.69 bits per heavy atom. The minimum Gasteiger partial charge on any atom is -0.0925 e. The van der Waals surface area contributed by atoms with E-state index in [1.165, 1.54) is 18.2 Å². The van der Waals surface area contributed by atoms with Crippen LogP contribution in [-0.4, -0.2) is 5.33 Å². The van der Waals surface area contributed by atoms with Crippen molar-refractivity contribution < 1.29 is 0 Å². The largest absolute Gasteiger partial charge is 0.0925 e. The van der Waals surface area contributed by atoms with E-state index in [1.807, 2.05) is 0 Å². The van der Waals surface area contributed by atoms with Gasteiger partial charge in [-0.2, -0.15) is 0 Å². The molecule has 2 rings (SSSR count). The van der Waals surface area contributed by atoms with Crippen molar-refractivity contribution in [1.29, 1.82) is 0 Å². The van der Waals surface area contributed by atoms with Crippen LogP contribution in [0.4, 0.5) is 0 Å². The van der Waals surface area contributed by atoms with Gasteiger partial charge in [-0.3, -0.25) is 0 Å². The molecule has 2 aliphatic carbocycles. The van der Waals surface area contributed by atoms with Crippen LogP contribution in [0.3, 0.4) is 0 Å². The lowest BCUT2D eigenvalue weighted by Gasteiger charge is -2.22. The molecule has 0 aliphatic heterocycles. The van der Waals surface area contributed by atoms with Crippen LogP contribution in [0.5, 0.6) is 0 Å². The molecule has 4 unspecified atom stereocenters. The molecule has 2 bridgehead atoms. The van der Waals surface area contributed by atoms with E-state index in [4.69, 9.17) is 0 Å². The monoisotopic (exact) mass is 244 g/mol. The Balaban J connectivity index is 1.71. The van der Waals surface area contributed by atoms with Crippen LogP contribution in [0.15, 0.2) is 0 Å². The molecular formula is C12H21Br. The average molecular weight is 245 g/mol. The fourth-order valence-corrected chi connectivity index (χ4v) is 3.63. The number of hydrogen-bond acceptors (Lipinski definition) is 0. The molecule has 0 heterocycles. The second kappa shape index (κ2) is 4.33. The third-order valence-electron chi connectivity index (χ3n) is 4.18. The minimum atomic E-state index is 0.888. The van der Waals surface area contributed by atoms with Crippen LogP contribution in [0.2, 0.25) is 0 Å². The molecule has 2 aliphatic rings. The van der Waals surface area contributed by atoms with Gasteiger partial charge >= 0.3 is 0 Å². The zero-order chi connectivity index (χ0) is 9.26. The van der Waals surface area contributed by atoms with Gasteiger partial charge in [0.15, 0.2) is 0 Å². The fourth-order valence-electron chi connectivity index (χ4n) is 3.31. The first kappa shape index (κ1) is 10.0. The molecule has 1 heteroatoms. The smallest absolute Gasteiger partial charge is 0.00570 e. The second-order valence-electron chi connectivity index (χ2n) is 5.27. The van der Waals surface area contributed by atoms with Gasteiger partial charge in [0.2, 0.25) is 0 Å². The zero-order valence-corrected chi connectivity index (χ0v) is 10.2. The summed E-state index contributed by atoms with van der Waals surface area (Å²) in [5.41, 5.74) is 0. The van der Waals surface area contributed by atoms with Gasteiger partial charge in [-0.1, -0.05) is 29.3 Å². The summed E-state index contributed by atoms with van der Waals surface area (Å²) in [6, 6.07) is 0. The Bertz CT molecular complexity index is 167. The second-order valence-corrected chi connectivity index (χ2v) is 5.92. The van der Waals surface area contributed by atoms with Crippen LogP contribution < -0.4 is 0 Å². The van der Waals surface area contributed by atoms with Crippen molar-refractivity contribution in [2.75, 3.05) is 5.33 Å². The molecule has 76 valence electrons. The van der Waals surface area contributed by atoms with Gasteiger partial charge in [0, 0.05) is 5.33 Å². The Hall–Kier alpha value is 0.480. The molecule has 0 radical (unpaired) electrons. The molecule has 13 heavy (non-hydrogen) atoms. The van der Waals surface area contributed by atoms with E-state index in [2.05, 4.69) is 22.9 Å². The molecule has 0 aromatic heterocycles. The molecule has 0 N–H and O–H groups in total. The van der Waals surface area contributed by atoms with E-state index < -0.39 is 0 Å². The van der Waals surface area contributed by atoms with E-state index in [9.17, 15) is 0 Å². The highest BCUT2D eigenvalue weighted by molar-refractivity contribution is 9.09. The Morgan fingerprint density at radius 1 is 1.31 bits per heavy atom. The van der Waals surface area contributed by atoms with E-state index in [0.717, 1.165) is 23.7 Å². The maximum absolute atomic E-state index is 3.57. The Labute approximate surface area is 90.6 Å². The van der Waals surface area contributed by atoms with E-state index in [1.54, 1.807) is 25.7 Å². The number of rotatable bonds is 4. The van der Waals surface area contributed by atoms with Gasteiger partial charge in [-0.25, -0.2) is 0 Å². The van der Waals surface area contributed by atoms with Crippen molar-refractivity contribution in [3.8, 4) is 0 Å². The summed E-state index contributed by atoms with van der Waals surface area (Å²) in [6.07, 6.45) is 9.20. The molecule has 0 nitrogen and oxygen atoms in total. The molecule has 2 fully saturated rings. The summed E-state index contributed by atoms with van der Waals surface area (Å²) >= 11 is 3.57. The topological polar surface area (TPSA) is 0 Å². The number of halogens is 1. The van der Waals surface area contributed by atoms with Gasteiger partial charge in [-0.05, 0) is 55.8 Å². The number of hydrogen-bond donors (Lipinski definition) is 0. The lowest BCUT2D eigenvalue weighted by Crippen LogP contribution is -2.11. The van der Waals surface area contributed by atoms with Crippen molar-refractivity contribution >= 4 is 15.9 Å². The molecule has 4 atom stereocenters. The van der Waals surface area contributed by atoms with Crippen LogP contribution in [0.25, 0.3) is 0 Å². The average Bonchev–Trinajstić information content (AvgIpc) is 2.74. The third-order valence-corrected chi connectivity index (χ3v) is 5.28. The van der Waals surface area contributed by atoms with E-state index in [-0.39, 0.29) is 0 Å². The number of fused-ring (bicyclic) bond motifs is 2. The normalized spacial score (nSPS) is 39.7. The predicted molar refractivity (Wildman–Crippen MR) is 61.1 cm³/mol. The summed E-state index contributed by atoms with van der Waals surface area (Å²) in [5, 5.41) is 1.19. The first-order valence-electron chi connectivity index (χ1n) is 5.85. The lowest BCUT2D eigenvalue weighted by molar-refractivity contribution is 0.296. The van der Waals surface area contributed by atoms with Crippen molar-refractivity contribution in [2.45, 2.75) is 45.4 Å². The fraction of sp³-hybridized carbons (Fsp3) is 1.00. The summed E-state index contributed by atoms with van der Waals surface area (Å²) in [7, 11) is 0. The SMILES string of the molecule is CC(CBr)CCC1CC2CCC1C2. The van der Waals surface area contributed by atoms with Crippen molar-refractivity contribution in [3.05, 3.63) is 0 Å². The highest BCUT2D eigenvalue weighted by Gasteiger charge is 2.38. The molecule has 2 saturated carbocycles. The molecule has 0 aromatic carbocycles. The lowest BCUT2D eigenvalue weighted by atomic mass is 9.84. The van der Waals surface area contributed by atoms with Crippen LogP contribution >= 0.6 is 15.9 Å². The molecule has 0 amide bonds. The maximum Gasteiger partial charge on any atom is 0.00570 e. The van der Waals surface area contributed by atoms with Crippen molar-refractivity contribution in [2.24, 2.45) is 23.7 Å². The molecular weight excluding hydrogens is 224 g/mol. The Kier molecular flexibility index (Phi) is 3.34. The first-order valence-corrected chi connectivity index (χ1v) is 6.97. The standard InChI is InChI=1S/C12H21Br/c1-9(8-13)2-4-11-6-10-3-5-12(11)7-10/h9-12H,2-8H2,1H3. The van der Waals surface area contributed by atoms with Crippen molar-refractivity contribution in [1.82, 2.24) is 0 Å². The maximum atomic E-state index is 3.57. The van der Waals surface area contributed by atoms with Crippen LogP contribution in [0, 0.1) is 23.7 Å². The minimum absolute atomic E-state index is 0.888. The van der Waals surface area contributed by atoms with E-state index in [0.29, 0.717) is 0 Å². The first-order chi connectivity index (χ1) is 6.29. The number of alkyl halides is 1. The van der Waals surface area contributed by atoms with Crippen LogP contribution in [-0.2, 0) is 0 Å². The summed E-state index contributed by atoms with van der Waals surface area (Å²) in [6.45, 7) is 2.36. The summed E-state index contributed by atoms with van der Waals surface area (Å²) in [5.74, 6) is 4.26. The van der Waals surface area contributed by atoms with E-state index >= 15 is 0 Å². The zero-order valence-electron chi connectivity index (χ0n) is 8.64. The summed E-state index contributed by atoms with van der Waals surface area (Å²) in [4.78, 5) is 0.